The van der Waals surface area contributed by atoms with E-state index in [0.29, 0.717) is 11.7 Å². The van der Waals surface area contributed by atoms with E-state index in [4.69, 9.17) is 0 Å². The molecule has 1 atom stereocenters. The lowest BCUT2D eigenvalue weighted by molar-refractivity contribution is 0.0958. The largest absolute Gasteiger partial charge is 0.368 e. The van der Waals surface area contributed by atoms with Crippen molar-refractivity contribution in [1.82, 2.24) is 20.2 Å². The molecule has 0 radical (unpaired) electrons. The van der Waals surface area contributed by atoms with Gasteiger partial charge in [-0.2, -0.15) is 0 Å². The number of hydrogen-bond acceptors (Lipinski definition) is 5. The number of piperazine rings is 1. The molecule has 1 unspecified atom stereocenters. The molecule has 7 nitrogen and oxygen atoms in total. The molecule has 4 rings (SSSR count). The van der Waals surface area contributed by atoms with E-state index in [1.165, 1.54) is 5.57 Å². The summed E-state index contributed by atoms with van der Waals surface area (Å²) in [5.74, 6) is -0.165. The van der Waals surface area contributed by atoms with Crippen molar-refractivity contribution in [2.24, 2.45) is 0 Å². The lowest BCUT2D eigenvalue weighted by Gasteiger charge is -2.39. The van der Waals surface area contributed by atoms with Crippen LogP contribution in [0.5, 0.6) is 0 Å². The molecule has 1 aliphatic carbocycles. The second kappa shape index (κ2) is 8.83. The molecule has 1 amide bonds. The van der Waals surface area contributed by atoms with Crippen molar-refractivity contribution >= 4 is 17.2 Å². The molecule has 0 aromatic carbocycles. The van der Waals surface area contributed by atoms with Crippen molar-refractivity contribution < 1.29 is 4.79 Å². The molecule has 1 aliphatic heterocycles. The van der Waals surface area contributed by atoms with Gasteiger partial charge >= 0.3 is 0 Å². The van der Waals surface area contributed by atoms with Crippen LogP contribution in [0.3, 0.4) is 0 Å². The molecular formula is C23H29N5O2. The van der Waals surface area contributed by atoms with Crippen LogP contribution in [0.4, 0.5) is 5.69 Å². The van der Waals surface area contributed by atoms with E-state index in [2.05, 4.69) is 31.2 Å². The molecule has 0 bridgehead atoms. The van der Waals surface area contributed by atoms with Crippen LogP contribution in [0, 0.1) is 0 Å². The van der Waals surface area contributed by atoms with Crippen molar-refractivity contribution in [2.45, 2.75) is 32.2 Å². The van der Waals surface area contributed by atoms with Gasteiger partial charge in [-0.15, -0.1) is 0 Å². The van der Waals surface area contributed by atoms with Crippen LogP contribution < -0.4 is 15.8 Å². The summed E-state index contributed by atoms with van der Waals surface area (Å²) in [4.78, 5) is 36.0. The van der Waals surface area contributed by atoms with E-state index in [9.17, 15) is 9.59 Å². The molecule has 2 aromatic rings. The SMILES string of the molecule is CCc1ccc(C2=CCC(N3CCN(c4ccc(C(=O)NC)nc4)CC3)C2)[nH]c1=O. The Kier molecular flexibility index (Phi) is 5.99. The van der Waals surface area contributed by atoms with Crippen LogP contribution in [-0.2, 0) is 6.42 Å². The van der Waals surface area contributed by atoms with E-state index in [0.717, 1.165) is 62.4 Å². The number of aromatic nitrogens is 2. The average Bonchev–Trinajstić information content (AvgIpc) is 3.29. The Balaban J connectivity index is 1.32. The van der Waals surface area contributed by atoms with Crippen molar-refractivity contribution in [3.8, 4) is 0 Å². The van der Waals surface area contributed by atoms with Gasteiger partial charge in [0.15, 0.2) is 0 Å². The first-order chi connectivity index (χ1) is 14.6. The minimum atomic E-state index is -0.165. The van der Waals surface area contributed by atoms with Crippen molar-refractivity contribution in [1.29, 1.82) is 0 Å². The Hall–Kier alpha value is -2.93. The van der Waals surface area contributed by atoms with Gasteiger partial charge in [0.1, 0.15) is 5.69 Å². The topological polar surface area (TPSA) is 81.3 Å². The van der Waals surface area contributed by atoms with E-state index >= 15 is 0 Å². The number of hydrogen-bond donors (Lipinski definition) is 2. The highest BCUT2D eigenvalue weighted by atomic mass is 16.1. The van der Waals surface area contributed by atoms with Crippen LogP contribution in [0.2, 0.25) is 0 Å². The van der Waals surface area contributed by atoms with E-state index < -0.39 is 0 Å². The van der Waals surface area contributed by atoms with Crippen LogP contribution in [0.25, 0.3) is 5.57 Å². The first kappa shape index (κ1) is 20.3. The van der Waals surface area contributed by atoms with E-state index in [-0.39, 0.29) is 11.5 Å². The zero-order valence-corrected chi connectivity index (χ0v) is 17.6. The number of aromatic amines is 1. The fourth-order valence-corrected chi connectivity index (χ4v) is 4.35. The fourth-order valence-electron chi connectivity index (χ4n) is 4.35. The highest BCUT2D eigenvalue weighted by Gasteiger charge is 2.28. The van der Waals surface area contributed by atoms with Crippen LogP contribution in [0.15, 0.2) is 41.3 Å². The summed E-state index contributed by atoms with van der Waals surface area (Å²) in [6.45, 7) is 5.87. The standard InChI is InChI=1S/C23H29N5O2/c1-3-16-5-8-20(26-22(16)29)17-4-6-18(14-17)27-10-12-28(13-11-27)19-7-9-21(25-15-19)23(30)24-2/h4-5,7-9,15,18H,3,6,10-14H2,1-2H3,(H,24,30)(H,26,29). The molecule has 1 saturated heterocycles. The maximum atomic E-state index is 12.1. The summed E-state index contributed by atoms with van der Waals surface area (Å²) in [5.41, 5.74) is 4.57. The zero-order chi connectivity index (χ0) is 21.1. The van der Waals surface area contributed by atoms with Gasteiger partial charge in [0.25, 0.3) is 11.5 Å². The smallest absolute Gasteiger partial charge is 0.269 e. The average molecular weight is 408 g/mol. The molecule has 30 heavy (non-hydrogen) atoms. The summed E-state index contributed by atoms with van der Waals surface area (Å²) >= 11 is 0. The van der Waals surface area contributed by atoms with Gasteiger partial charge in [-0.25, -0.2) is 4.98 Å². The minimum Gasteiger partial charge on any atom is -0.368 e. The molecule has 7 heteroatoms. The second-order valence-corrected chi connectivity index (χ2v) is 7.91. The molecular weight excluding hydrogens is 378 g/mol. The van der Waals surface area contributed by atoms with Crippen molar-refractivity contribution in [3.63, 3.8) is 0 Å². The van der Waals surface area contributed by atoms with Gasteiger partial charge in [0.2, 0.25) is 0 Å². The van der Waals surface area contributed by atoms with Gasteiger partial charge in [-0.3, -0.25) is 14.5 Å². The highest BCUT2D eigenvalue weighted by molar-refractivity contribution is 5.92. The number of pyridine rings is 2. The van der Waals surface area contributed by atoms with Crippen LogP contribution in [-0.4, -0.2) is 60.0 Å². The molecule has 2 aromatic heterocycles. The number of nitrogens with one attached hydrogen (secondary N) is 2. The molecule has 1 fully saturated rings. The highest BCUT2D eigenvalue weighted by Crippen LogP contribution is 2.30. The number of aryl methyl sites for hydroxylation is 1. The van der Waals surface area contributed by atoms with Crippen molar-refractivity contribution in [2.75, 3.05) is 38.1 Å². The maximum absolute atomic E-state index is 12.1. The number of carbonyl (C=O) groups is 1. The normalized spacial score (nSPS) is 19.6. The summed E-state index contributed by atoms with van der Waals surface area (Å²) < 4.78 is 0. The Labute approximate surface area is 176 Å². The number of carbonyl (C=O) groups excluding carboxylic acids is 1. The van der Waals surface area contributed by atoms with Gasteiger partial charge in [-0.05, 0) is 43.0 Å². The lowest BCUT2D eigenvalue weighted by Crippen LogP contribution is -2.50. The summed E-state index contributed by atoms with van der Waals surface area (Å²) in [6.07, 6.45) is 6.81. The van der Waals surface area contributed by atoms with Crippen LogP contribution >= 0.6 is 0 Å². The number of rotatable bonds is 5. The first-order valence-corrected chi connectivity index (χ1v) is 10.7. The summed E-state index contributed by atoms with van der Waals surface area (Å²) in [7, 11) is 1.61. The minimum absolute atomic E-state index is 0.0315. The number of anilines is 1. The summed E-state index contributed by atoms with van der Waals surface area (Å²) in [6, 6.07) is 8.23. The molecule has 3 heterocycles. The van der Waals surface area contributed by atoms with E-state index in [1.54, 1.807) is 19.3 Å². The lowest BCUT2D eigenvalue weighted by atomic mass is 10.1. The van der Waals surface area contributed by atoms with Gasteiger partial charge in [0.05, 0.1) is 11.9 Å². The van der Waals surface area contributed by atoms with E-state index in [1.807, 2.05) is 25.1 Å². The molecule has 2 N–H and O–H groups in total. The molecule has 0 spiro atoms. The predicted octanol–water partition coefficient (Wildman–Crippen LogP) is 2.06. The van der Waals surface area contributed by atoms with Crippen molar-refractivity contribution in [3.05, 3.63) is 63.8 Å². The number of H-pyrrole nitrogens is 1. The zero-order valence-electron chi connectivity index (χ0n) is 17.6. The van der Waals surface area contributed by atoms with Gasteiger partial charge in [0, 0.05) is 50.5 Å². The third kappa shape index (κ3) is 4.16. The molecule has 0 saturated carbocycles. The third-order valence-electron chi connectivity index (χ3n) is 6.21. The van der Waals surface area contributed by atoms with Gasteiger partial charge in [-0.1, -0.05) is 19.1 Å². The van der Waals surface area contributed by atoms with Gasteiger partial charge < -0.3 is 15.2 Å². The van der Waals surface area contributed by atoms with Crippen LogP contribution in [0.1, 0.15) is 41.5 Å². The monoisotopic (exact) mass is 407 g/mol. The Morgan fingerprint density at radius 1 is 1.20 bits per heavy atom. The fraction of sp³-hybridized carbons (Fsp3) is 0.435. The second-order valence-electron chi connectivity index (χ2n) is 7.91. The summed E-state index contributed by atoms with van der Waals surface area (Å²) in [5, 5.41) is 2.60. The Morgan fingerprint density at radius 2 is 2.00 bits per heavy atom. The number of amides is 1. The molecule has 158 valence electrons. The Morgan fingerprint density at radius 3 is 2.63 bits per heavy atom. The quantitative estimate of drug-likeness (QED) is 0.793. The number of nitrogens with zero attached hydrogens (tertiary/aromatic N) is 3. The Bertz CT molecular complexity index is 987. The predicted molar refractivity (Wildman–Crippen MR) is 119 cm³/mol. The third-order valence-corrected chi connectivity index (χ3v) is 6.21. The first-order valence-electron chi connectivity index (χ1n) is 10.7. The maximum Gasteiger partial charge on any atom is 0.269 e. The molecule has 2 aliphatic rings.